The highest BCUT2D eigenvalue weighted by Gasteiger charge is 2.43. The van der Waals surface area contributed by atoms with Gasteiger partial charge in [-0.05, 0) is 38.1 Å². The number of carbonyl (C=O) groups is 2. The lowest BCUT2D eigenvalue weighted by atomic mass is 9.99. The number of hydrogen-bond acceptors (Lipinski definition) is 4. The molecule has 1 saturated carbocycles. The third-order valence-electron chi connectivity index (χ3n) is 4.12. The number of ketones is 1. The number of rotatable bonds is 5. The van der Waals surface area contributed by atoms with E-state index in [9.17, 15) is 9.59 Å². The van der Waals surface area contributed by atoms with Crippen molar-refractivity contribution in [3.05, 3.63) is 0 Å². The van der Waals surface area contributed by atoms with E-state index in [1.165, 1.54) is 5.06 Å². The van der Waals surface area contributed by atoms with Gasteiger partial charge in [0, 0.05) is 19.0 Å². The molecule has 2 atom stereocenters. The van der Waals surface area contributed by atoms with Crippen LogP contribution < -0.4 is 5.32 Å². The fourth-order valence-corrected chi connectivity index (χ4v) is 2.75. The Kier molecular flexibility index (Phi) is 3.35. The summed E-state index contributed by atoms with van der Waals surface area (Å²) in [6.45, 7) is 3.16. The van der Waals surface area contributed by atoms with Crippen molar-refractivity contribution in [2.24, 2.45) is 17.8 Å². The van der Waals surface area contributed by atoms with Gasteiger partial charge in [-0.2, -0.15) is 0 Å². The van der Waals surface area contributed by atoms with Gasteiger partial charge in [0.1, 0.15) is 11.7 Å². The molecule has 0 radical (unpaired) electrons. The molecule has 2 unspecified atom stereocenters. The van der Waals surface area contributed by atoms with Crippen molar-refractivity contribution >= 4 is 11.7 Å². The van der Waals surface area contributed by atoms with Crippen molar-refractivity contribution in [1.29, 1.82) is 0 Å². The monoisotopic (exact) mass is 252 g/mol. The molecule has 5 nitrogen and oxygen atoms in total. The van der Waals surface area contributed by atoms with E-state index in [4.69, 9.17) is 4.84 Å². The number of nitrogens with zero attached hydrogens (tertiary/aromatic N) is 1. The van der Waals surface area contributed by atoms with Gasteiger partial charge in [-0.25, -0.2) is 5.06 Å². The Balaban J connectivity index is 1.48. The average molecular weight is 252 g/mol. The summed E-state index contributed by atoms with van der Waals surface area (Å²) < 4.78 is 0. The Hall–Kier alpha value is -0.940. The number of nitrogens with one attached hydrogen (secondary N) is 1. The van der Waals surface area contributed by atoms with Gasteiger partial charge in [0.2, 0.25) is 0 Å². The molecule has 3 rings (SSSR count). The smallest absolute Gasteiger partial charge is 0.256 e. The van der Waals surface area contributed by atoms with E-state index < -0.39 is 5.92 Å². The van der Waals surface area contributed by atoms with Crippen molar-refractivity contribution < 1.29 is 14.4 Å². The second-order valence-electron chi connectivity index (χ2n) is 5.61. The fourth-order valence-electron chi connectivity index (χ4n) is 2.75. The SMILES string of the molecule is O=C(C1CC1)C1CCN(OCC2CCNC2)C1=O. The maximum atomic E-state index is 12.0. The minimum atomic E-state index is -0.417. The van der Waals surface area contributed by atoms with Crippen molar-refractivity contribution in [2.45, 2.75) is 25.7 Å². The first-order valence-corrected chi connectivity index (χ1v) is 6.94. The largest absolute Gasteiger partial charge is 0.316 e. The van der Waals surface area contributed by atoms with E-state index in [1.807, 2.05) is 0 Å². The summed E-state index contributed by atoms with van der Waals surface area (Å²) in [5.74, 6) is 0.277. The molecule has 1 amide bonds. The van der Waals surface area contributed by atoms with Crippen molar-refractivity contribution in [3.8, 4) is 0 Å². The number of hydroxylamine groups is 2. The second kappa shape index (κ2) is 4.97. The van der Waals surface area contributed by atoms with E-state index in [2.05, 4.69) is 5.32 Å². The Labute approximate surface area is 107 Å². The van der Waals surface area contributed by atoms with E-state index in [1.54, 1.807) is 0 Å². The molecule has 3 aliphatic rings. The summed E-state index contributed by atoms with van der Waals surface area (Å²) >= 11 is 0. The first kappa shape index (κ1) is 12.1. The third-order valence-corrected chi connectivity index (χ3v) is 4.12. The summed E-state index contributed by atoms with van der Waals surface area (Å²) in [7, 11) is 0. The molecular formula is C13H20N2O3. The zero-order valence-electron chi connectivity index (χ0n) is 10.6. The van der Waals surface area contributed by atoms with Crippen LogP contribution in [0.3, 0.4) is 0 Å². The zero-order valence-corrected chi connectivity index (χ0v) is 10.6. The maximum Gasteiger partial charge on any atom is 0.256 e. The van der Waals surface area contributed by atoms with E-state index in [0.717, 1.165) is 32.4 Å². The van der Waals surface area contributed by atoms with Gasteiger partial charge in [-0.15, -0.1) is 0 Å². The summed E-state index contributed by atoms with van der Waals surface area (Å²) in [5, 5.41) is 4.69. The van der Waals surface area contributed by atoms with Crippen molar-refractivity contribution in [1.82, 2.24) is 10.4 Å². The summed E-state index contributed by atoms with van der Waals surface area (Å²) in [5.41, 5.74) is 0. The molecule has 2 saturated heterocycles. The lowest BCUT2D eigenvalue weighted by Crippen LogP contribution is -2.32. The Morgan fingerprint density at radius 1 is 1.33 bits per heavy atom. The molecular weight excluding hydrogens is 232 g/mol. The predicted molar refractivity (Wildman–Crippen MR) is 64.5 cm³/mol. The van der Waals surface area contributed by atoms with E-state index in [0.29, 0.717) is 25.5 Å². The van der Waals surface area contributed by atoms with E-state index >= 15 is 0 Å². The topological polar surface area (TPSA) is 58.6 Å². The number of carbonyl (C=O) groups excluding carboxylic acids is 2. The number of amides is 1. The lowest BCUT2D eigenvalue weighted by molar-refractivity contribution is -0.183. The number of hydrogen-bond donors (Lipinski definition) is 1. The van der Waals surface area contributed by atoms with Crippen LogP contribution >= 0.6 is 0 Å². The van der Waals surface area contributed by atoms with Crippen LogP contribution in [0.4, 0.5) is 0 Å². The van der Waals surface area contributed by atoms with Gasteiger partial charge in [-0.3, -0.25) is 14.4 Å². The molecule has 2 heterocycles. The Morgan fingerprint density at radius 3 is 2.83 bits per heavy atom. The van der Waals surface area contributed by atoms with Crippen LogP contribution in [0.2, 0.25) is 0 Å². The molecule has 0 spiro atoms. The normalized spacial score (nSPS) is 32.2. The van der Waals surface area contributed by atoms with Crippen LogP contribution in [0, 0.1) is 17.8 Å². The van der Waals surface area contributed by atoms with Crippen LogP contribution in [0.25, 0.3) is 0 Å². The standard InChI is InChI=1S/C13H20N2O3/c16-12(10-1-2-10)11-4-6-15(13(11)17)18-8-9-3-5-14-7-9/h9-11,14H,1-8H2. The second-order valence-corrected chi connectivity index (χ2v) is 5.61. The summed E-state index contributed by atoms with van der Waals surface area (Å²) in [6.07, 6.45) is 3.68. The van der Waals surface area contributed by atoms with Gasteiger partial charge < -0.3 is 5.32 Å². The summed E-state index contributed by atoms with van der Waals surface area (Å²) in [4.78, 5) is 29.5. The highest BCUT2D eigenvalue weighted by molar-refractivity contribution is 6.04. The van der Waals surface area contributed by atoms with Gasteiger partial charge >= 0.3 is 0 Å². The molecule has 100 valence electrons. The van der Waals surface area contributed by atoms with Gasteiger partial charge in [-0.1, -0.05) is 0 Å². The molecule has 1 aliphatic carbocycles. The molecule has 2 aliphatic heterocycles. The molecule has 5 heteroatoms. The van der Waals surface area contributed by atoms with Gasteiger partial charge in [0.25, 0.3) is 5.91 Å². The molecule has 0 aromatic heterocycles. The van der Waals surface area contributed by atoms with Crippen LogP contribution in [-0.2, 0) is 14.4 Å². The van der Waals surface area contributed by atoms with Crippen LogP contribution in [0.5, 0.6) is 0 Å². The first-order chi connectivity index (χ1) is 8.75. The lowest BCUT2D eigenvalue weighted by Gasteiger charge is -2.18. The Bertz CT molecular complexity index is 348. The average Bonchev–Trinajstić information content (AvgIpc) is 2.97. The predicted octanol–water partition coefficient (Wildman–Crippen LogP) is 0.355. The maximum absolute atomic E-state index is 12.0. The molecule has 1 N–H and O–H groups in total. The van der Waals surface area contributed by atoms with Crippen molar-refractivity contribution in [3.63, 3.8) is 0 Å². The fraction of sp³-hybridized carbons (Fsp3) is 0.846. The minimum Gasteiger partial charge on any atom is -0.316 e. The number of Topliss-reactive ketones (excluding diaryl/α,β-unsaturated/α-hetero) is 1. The van der Waals surface area contributed by atoms with Gasteiger partial charge in [0.15, 0.2) is 0 Å². The molecule has 0 aromatic rings. The van der Waals surface area contributed by atoms with Crippen LogP contribution in [0.15, 0.2) is 0 Å². The van der Waals surface area contributed by atoms with Crippen LogP contribution in [-0.4, -0.2) is 43.0 Å². The molecule has 18 heavy (non-hydrogen) atoms. The third kappa shape index (κ3) is 2.42. The zero-order chi connectivity index (χ0) is 12.5. The summed E-state index contributed by atoms with van der Waals surface area (Å²) in [6, 6.07) is 0. The van der Waals surface area contributed by atoms with Crippen LogP contribution in [0.1, 0.15) is 25.7 Å². The highest BCUT2D eigenvalue weighted by Crippen LogP contribution is 2.35. The molecule has 0 aromatic carbocycles. The minimum absolute atomic E-state index is 0.113. The highest BCUT2D eigenvalue weighted by atomic mass is 16.7. The van der Waals surface area contributed by atoms with E-state index in [-0.39, 0.29) is 17.6 Å². The molecule has 3 fully saturated rings. The van der Waals surface area contributed by atoms with Crippen molar-refractivity contribution in [2.75, 3.05) is 26.2 Å². The quantitative estimate of drug-likeness (QED) is 0.718. The first-order valence-electron chi connectivity index (χ1n) is 6.94. The Morgan fingerprint density at radius 2 is 2.17 bits per heavy atom. The molecule has 0 bridgehead atoms. The van der Waals surface area contributed by atoms with Gasteiger partial charge in [0.05, 0.1) is 6.61 Å².